The standard InChI is InChI=1S/C10H19N3S/c1-4-14-8-9(2)11-5-10-6-12-13(3)7-10/h6-7,9,11H,4-5,8H2,1-3H3. The zero-order valence-electron chi connectivity index (χ0n) is 9.16. The molecule has 1 rings (SSSR count). The van der Waals surface area contributed by atoms with Crippen LogP contribution in [0.25, 0.3) is 0 Å². The molecule has 0 aliphatic heterocycles. The highest BCUT2D eigenvalue weighted by Crippen LogP contribution is 2.02. The summed E-state index contributed by atoms with van der Waals surface area (Å²) in [5.74, 6) is 2.37. The molecule has 0 saturated carbocycles. The van der Waals surface area contributed by atoms with Gasteiger partial charge in [0.05, 0.1) is 6.20 Å². The highest BCUT2D eigenvalue weighted by atomic mass is 32.2. The molecule has 1 aromatic heterocycles. The van der Waals surface area contributed by atoms with Crippen LogP contribution in [0, 0.1) is 0 Å². The van der Waals surface area contributed by atoms with E-state index in [2.05, 4.69) is 24.3 Å². The van der Waals surface area contributed by atoms with Crippen molar-refractivity contribution in [1.29, 1.82) is 0 Å². The van der Waals surface area contributed by atoms with E-state index in [0.717, 1.165) is 6.54 Å². The lowest BCUT2D eigenvalue weighted by Gasteiger charge is -2.11. The van der Waals surface area contributed by atoms with E-state index in [1.54, 1.807) is 0 Å². The van der Waals surface area contributed by atoms with Gasteiger partial charge in [-0.2, -0.15) is 16.9 Å². The summed E-state index contributed by atoms with van der Waals surface area (Å²) < 4.78 is 1.84. The molecule has 0 radical (unpaired) electrons. The van der Waals surface area contributed by atoms with Crippen LogP contribution in [-0.4, -0.2) is 27.3 Å². The van der Waals surface area contributed by atoms with E-state index in [1.165, 1.54) is 17.1 Å². The van der Waals surface area contributed by atoms with E-state index >= 15 is 0 Å². The number of aromatic nitrogens is 2. The largest absolute Gasteiger partial charge is 0.309 e. The third kappa shape index (κ3) is 4.15. The first-order chi connectivity index (χ1) is 6.72. The molecule has 0 fully saturated rings. The van der Waals surface area contributed by atoms with Crippen LogP contribution in [0.1, 0.15) is 19.4 Å². The van der Waals surface area contributed by atoms with Gasteiger partial charge in [-0.1, -0.05) is 6.92 Å². The van der Waals surface area contributed by atoms with Gasteiger partial charge in [0.1, 0.15) is 0 Å². The SMILES string of the molecule is CCSCC(C)NCc1cnn(C)c1. The number of aryl methyl sites for hydroxylation is 1. The predicted molar refractivity (Wildman–Crippen MR) is 62.5 cm³/mol. The van der Waals surface area contributed by atoms with Crippen LogP contribution in [-0.2, 0) is 13.6 Å². The van der Waals surface area contributed by atoms with Gasteiger partial charge in [0.15, 0.2) is 0 Å². The smallest absolute Gasteiger partial charge is 0.0534 e. The summed E-state index contributed by atoms with van der Waals surface area (Å²) in [5.41, 5.74) is 1.25. The van der Waals surface area contributed by atoms with Crippen LogP contribution >= 0.6 is 11.8 Å². The molecule has 1 heterocycles. The Morgan fingerprint density at radius 3 is 3.00 bits per heavy atom. The number of thioether (sulfide) groups is 1. The van der Waals surface area contributed by atoms with Crippen molar-refractivity contribution >= 4 is 11.8 Å². The number of hydrogen-bond donors (Lipinski definition) is 1. The maximum Gasteiger partial charge on any atom is 0.0534 e. The summed E-state index contributed by atoms with van der Waals surface area (Å²) >= 11 is 1.97. The molecule has 1 atom stereocenters. The van der Waals surface area contributed by atoms with Crippen molar-refractivity contribution in [3.8, 4) is 0 Å². The normalized spacial score (nSPS) is 13.1. The molecule has 0 saturated heterocycles. The minimum absolute atomic E-state index is 0.570. The molecule has 3 nitrogen and oxygen atoms in total. The van der Waals surface area contributed by atoms with Gasteiger partial charge in [0.25, 0.3) is 0 Å². The van der Waals surface area contributed by atoms with E-state index in [4.69, 9.17) is 0 Å². The highest BCUT2D eigenvalue weighted by molar-refractivity contribution is 7.99. The fraction of sp³-hybridized carbons (Fsp3) is 0.700. The number of hydrogen-bond acceptors (Lipinski definition) is 3. The first-order valence-electron chi connectivity index (χ1n) is 5.01. The molecule has 80 valence electrons. The molecule has 0 bridgehead atoms. The van der Waals surface area contributed by atoms with Crippen molar-refractivity contribution < 1.29 is 0 Å². The van der Waals surface area contributed by atoms with E-state index in [0.29, 0.717) is 6.04 Å². The summed E-state index contributed by atoms with van der Waals surface area (Å²) in [4.78, 5) is 0. The van der Waals surface area contributed by atoms with Crippen molar-refractivity contribution in [3.63, 3.8) is 0 Å². The van der Waals surface area contributed by atoms with Gasteiger partial charge in [0.2, 0.25) is 0 Å². The average Bonchev–Trinajstić information content (AvgIpc) is 2.58. The lowest BCUT2D eigenvalue weighted by atomic mass is 10.3. The molecule has 0 aliphatic carbocycles. The fourth-order valence-corrected chi connectivity index (χ4v) is 1.92. The van der Waals surface area contributed by atoms with E-state index in [9.17, 15) is 0 Å². The quantitative estimate of drug-likeness (QED) is 0.779. The summed E-state index contributed by atoms with van der Waals surface area (Å²) in [7, 11) is 1.94. The molecule has 14 heavy (non-hydrogen) atoms. The van der Waals surface area contributed by atoms with Gasteiger partial charge >= 0.3 is 0 Å². The lowest BCUT2D eigenvalue weighted by Crippen LogP contribution is -2.27. The Bertz CT molecular complexity index is 260. The molecular formula is C10H19N3S. The average molecular weight is 213 g/mol. The van der Waals surface area contributed by atoms with Crippen molar-refractivity contribution in [3.05, 3.63) is 18.0 Å². The molecule has 1 unspecified atom stereocenters. The van der Waals surface area contributed by atoms with Crippen molar-refractivity contribution in [2.75, 3.05) is 11.5 Å². The highest BCUT2D eigenvalue weighted by Gasteiger charge is 2.01. The Hall–Kier alpha value is -0.480. The van der Waals surface area contributed by atoms with Crippen LogP contribution in [0.3, 0.4) is 0 Å². The van der Waals surface area contributed by atoms with Crippen LogP contribution < -0.4 is 5.32 Å². The predicted octanol–water partition coefficient (Wildman–Crippen LogP) is 1.65. The summed E-state index contributed by atoms with van der Waals surface area (Å²) in [6, 6.07) is 0.570. The molecular weight excluding hydrogens is 194 g/mol. The third-order valence-corrected chi connectivity index (χ3v) is 3.13. The van der Waals surface area contributed by atoms with E-state index < -0.39 is 0 Å². The number of nitrogens with zero attached hydrogens (tertiary/aromatic N) is 2. The molecule has 0 aliphatic rings. The second-order valence-electron chi connectivity index (χ2n) is 3.46. The molecule has 0 amide bonds. The monoisotopic (exact) mass is 213 g/mol. The maximum absolute atomic E-state index is 4.13. The van der Waals surface area contributed by atoms with Crippen LogP contribution in [0.15, 0.2) is 12.4 Å². The number of nitrogens with one attached hydrogen (secondary N) is 1. The summed E-state index contributed by atoms with van der Waals surface area (Å²) in [6.07, 6.45) is 3.96. The second kappa shape index (κ2) is 6.09. The van der Waals surface area contributed by atoms with Crippen molar-refractivity contribution in [1.82, 2.24) is 15.1 Å². The summed E-state index contributed by atoms with van der Waals surface area (Å²) in [6.45, 7) is 5.33. The Morgan fingerprint density at radius 1 is 1.64 bits per heavy atom. The van der Waals surface area contributed by atoms with Gasteiger partial charge in [-0.25, -0.2) is 0 Å². The van der Waals surface area contributed by atoms with Gasteiger partial charge in [-0.15, -0.1) is 0 Å². The Balaban J connectivity index is 2.20. The Morgan fingerprint density at radius 2 is 2.43 bits per heavy atom. The van der Waals surface area contributed by atoms with Crippen LogP contribution in [0.4, 0.5) is 0 Å². The van der Waals surface area contributed by atoms with Gasteiger partial charge < -0.3 is 5.32 Å². The molecule has 4 heteroatoms. The van der Waals surface area contributed by atoms with Gasteiger partial charge in [0, 0.05) is 37.1 Å². The van der Waals surface area contributed by atoms with Crippen molar-refractivity contribution in [2.24, 2.45) is 7.05 Å². The van der Waals surface area contributed by atoms with Crippen LogP contribution in [0.5, 0.6) is 0 Å². The molecule has 1 aromatic rings. The second-order valence-corrected chi connectivity index (χ2v) is 4.78. The van der Waals surface area contributed by atoms with Crippen molar-refractivity contribution in [2.45, 2.75) is 26.4 Å². The topological polar surface area (TPSA) is 29.9 Å². The minimum Gasteiger partial charge on any atom is -0.309 e. The summed E-state index contributed by atoms with van der Waals surface area (Å²) in [5, 5.41) is 7.60. The number of rotatable bonds is 6. The zero-order valence-corrected chi connectivity index (χ0v) is 9.97. The van der Waals surface area contributed by atoms with E-state index in [-0.39, 0.29) is 0 Å². The lowest BCUT2D eigenvalue weighted by molar-refractivity contribution is 0.595. The van der Waals surface area contributed by atoms with Gasteiger partial charge in [-0.3, -0.25) is 4.68 Å². The zero-order chi connectivity index (χ0) is 10.4. The molecule has 1 N–H and O–H groups in total. The Labute approximate surface area is 90.3 Å². The Kier molecular flexibility index (Phi) is 5.04. The maximum atomic E-state index is 4.13. The first kappa shape index (κ1) is 11.6. The molecule has 0 spiro atoms. The fourth-order valence-electron chi connectivity index (χ4n) is 1.21. The van der Waals surface area contributed by atoms with Gasteiger partial charge in [-0.05, 0) is 12.7 Å². The minimum atomic E-state index is 0.570. The first-order valence-corrected chi connectivity index (χ1v) is 6.16. The van der Waals surface area contributed by atoms with Crippen LogP contribution in [0.2, 0.25) is 0 Å². The molecule has 0 aromatic carbocycles. The third-order valence-electron chi connectivity index (χ3n) is 1.98. The van der Waals surface area contributed by atoms with E-state index in [1.807, 2.05) is 35.9 Å².